The summed E-state index contributed by atoms with van der Waals surface area (Å²) in [4.78, 5) is 11.4. The number of phenolic OH excluding ortho intramolecular Hbond substituents is 1. The highest BCUT2D eigenvalue weighted by atomic mass is 16.5. The molecule has 0 unspecified atom stereocenters. The second-order valence-corrected chi connectivity index (χ2v) is 2.74. The molecule has 4 heteroatoms. The van der Waals surface area contributed by atoms with Crippen molar-refractivity contribution in [2.45, 2.75) is 0 Å². The molecule has 1 aromatic rings. The molecule has 0 aromatic heterocycles. The normalized spacial score (nSPS) is 9.86. The highest BCUT2D eigenvalue weighted by Crippen LogP contribution is 2.23. The highest BCUT2D eigenvalue weighted by Gasteiger charge is 2.11. The summed E-state index contributed by atoms with van der Waals surface area (Å²) in [5, 5.41) is 9.40. The Labute approximate surface area is 82.1 Å². The summed E-state index contributed by atoms with van der Waals surface area (Å²) in [5.41, 5.74) is 0.214. The summed E-state index contributed by atoms with van der Waals surface area (Å²) in [5.74, 6) is 0.194. The zero-order valence-electron chi connectivity index (χ0n) is 8.11. The third kappa shape index (κ3) is 2.23. The first-order chi connectivity index (χ1) is 6.69. The van der Waals surface area contributed by atoms with E-state index in [1.165, 1.54) is 26.4 Å². The molecule has 0 fully saturated rings. The van der Waals surface area contributed by atoms with Gasteiger partial charge in [-0.1, -0.05) is 0 Å². The molecule has 0 spiro atoms. The molecule has 76 valence electrons. The van der Waals surface area contributed by atoms with Crippen molar-refractivity contribution in [3.8, 4) is 11.5 Å². The lowest BCUT2D eigenvalue weighted by Crippen LogP contribution is -2.07. The van der Waals surface area contributed by atoms with Gasteiger partial charge in [0.1, 0.15) is 18.1 Å². The molecule has 0 radical (unpaired) electrons. The molecule has 0 heterocycles. The van der Waals surface area contributed by atoms with Gasteiger partial charge < -0.3 is 14.6 Å². The van der Waals surface area contributed by atoms with E-state index in [0.29, 0.717) is 5.75 Å². The molecule has 0 aliphatic carbocycles. The van der Waals surface area contributed by atoms with Crippen LogP contribution in [0.2, 0.25) is 0 Å². The van der Waals surface area contributed by atoms with E-state index in [9.17, 15) is 9.90 Å². The molecule has 0 saturated carbocycles. The maximum absolute atomic E-state index is 11.4. The summed E-state index contributed by atoms with van der Waals surface area (Å²) in [7, 11) is 2.92. The third-order valence-electron chi connectivity index (χ3n) is 1.78. The van der Waals surface area contributed by atoms with Gasteiger partial charge in [0.25, 0.3) is 0 Å². The molecule has 0 atom stereocenters. The number of rotatable bonds is 4. The quantitative estimate of drug-likeness (QED) is 0.736. The number of ether oxygens (including phenoxy) is 2. The van der Waals surface area contributed by atoms with Gasteiger partial charge in [0.2, 0.25) is 0 Å². The zero-order valence-corrected chi connectivity index (χ0v) is 8.11. The fourth-order valence-corrected chi connectivity index (χ4v) is 1.07. The first-order valence-corrected chi connectivity index (χ1v) is 4.08. The Hall–Kier alpha value is -1.55. The van der Waals surface area contributed by atoms with E-state index in [1.54, 1.807) is 6.07 Å². The molecule has 1 rings (SSSR count). The summed E-state index contributed by atoms with van der Waals surface area (Å²) in [6.45, 7) is -0.0548. The van der Waals surface area contributed by atoms with Crippen LogP contribution in [0.1, 0.15) is 10.4 Å². The molecule has 0 aliphatic rings. The number of phenols is 1. The first kappa shape index (κ1) is 10.5. The molecule has 1 aromatic carbocycles. The monoisotopic (exact) mass is 196 g/mol. The van der Waals surface area contributed by atoms with Gasteiger partial charge >= 0.3 is 0 Å². The van der Waals surface area contributed by atoms with Crippen molar-refractivity contribution in [3.63, 3.8) is 0 Å². The molecule has 14 heavy (non-hydrogen) atoms. The fourth-order valence-electron chi connectivity index (χ4n) is 1.07. The van der Waals surface area contributed by atoms with Crippen LogP contribution in [0.15, 0.2) is 18.2 Å². The van der Waals surface area contributed by atoms with Gasteiger partial charge in [-0.05, 0) is 18.2 Å². The number of carbonyl (C=O) groups is 1. The van der Waals surface area contributed by atoms with E-state index in [4.69, 9.17) is 4.74 Å². The van der Waals surface area contributed by atoms with E-state index in [-0.39, 0.29) is 23.7 Å². The second-order valence-electron chi connectivity index (χ2n) is 2.74. The van der Waals surface area contributed by atoms with Gasteiger partial charge in [0, 0.05) is 7.11 Å². The number of hydrogen-bond donors (Lipinski definition) is 1. The van der Waals surface area contributed by atoms with Crippen molar-refractivity contribution >= 4 is 5.78 Å². The second kappa shape index (κ2) is 4.62. The molecule has 0 aliphatic heterocycles. The molecule has 1 N–H and O–H groups in total. The van der Waals surface area contributed by atoms with E-state index in [1.807, 2.05) is 0 Å². The van der Waals surface area contributed by atoms with Crippen LogP contribution in [0.4, 0.5) is 0 Å². The molecule has 4 nitrogen and oxygen atoms in total. The Kier molecular flexibility index (Phi) is 3.48. The number of Topliss-reactive ketones (excluding diaryl/α,β-unsaturated/α-hetero) is 1. The predicted molar refractivity (Wildman–Crippen MR) is 50.9 cm³/mol. The van der Waals surface area contributed by atoms with E-state index < -0.39 is 0 Å². The lowest BCUT2D eigenvalue weighted by Gasteiger charge is -2.05. The summed E-state index contributed by atoms with van der Waals surface area (Å²) in [6, 6.07) is 4.48. The van der Waals surface area contributed by atoms with Crippen molar-refractivity contribution < 1.29 is 19.4 Å². The molecule has 0 bridgehead atoms. The number of hydrogen-bond acceptors (Lipinski definition) is 4. The molecular weight excluding hydrogens is 184 g/mol. The molecule has 0 saturated heterocycles. The summed E-state index contributed by atoms with van der Waals surface area (Å²) in [6.07, 6.45) is 0. The lowest BCUT2D eigenvalue weighted by atomic mass is 10.1. The smallest absolute Gasteiger partial charge is 0.192 e. The topological polar surface area (TPSA) is 55.8 Å². The third-order valence-corrected chi connectivity index (χ3v) is 1.78. The van der Waals surface area contributed by atoms with Gasteiger partial charge in [0.15, 0.2) is 5.78 Å². The minimum Gasteiger partial charge on any atom is -0.507 e. The van der Waals surface area contributed by atoms with Crippen molar-refractivity contribution in [2.75, 3.05) is 20.8 Å². The van der Waals surface area contributed by atoms with Crippen LogP contribution in [-0.2, 0) is 4.74 Å². The molecular formula is C10H12O4. The van der Waals surface area contributed by atoms with Crippen LogP contribution in [0, 0.1) is 0 Å². The van der Waals surface area contributed by atoms with Gasteiger partial charge in [-0.15, -0.1) is 0 Å². The fraction of sp³-hybridized carbons (Fsp3) is 0.300. The Balaban J connectivity index is 2.99. The first-order valence-electron chi connectivity index (χ1n) is 4.08. The largest absolute Gasteiger partial charge is 0.507 e. The summed E-state index contributed by atoms with van der Waals surface area (Å²) < 4.78 is 9.62. The van der Waals surface area contributed by atoms with Crippen molar-refractivity contribution in [1.82, 2.24) is 0 Å². The summed E-state index contributed by atoms with van der Waals surface area (Å²) >= 11 is 0. The van der Waals surface area contributed by atoms with E-state index >= 15 is 0 Å². The maximum Gasteiger partial charge on any atom is 0.192 e. The number of ketones is 1. The van der Waals surface area contributed by atoms with Gasteiger partial charge in [0.05, 0.1) is 12.7 Å². The number of aromatic hydroxyl groups is 1. The van der Waals surface area contributed by atoms with Gasteiger partial charge in [-0.3, -0.25) is 4.79 Å². The number of benzene rings is 1. The van der Waals surface area contributed by atoms with Crippen LogP contribution >= 0.6 is 0 Å². The Morgan fingerprint density at radius 1 is 1.43 bits per heavy atom. The van der Waals surface area contributed by atoms with Crippen LogP contribution in [0.5, 0.6) is 11.5 Å². The molecule has 0 amide bonds. The predicted octanol–water partition coefficient (Wildman–Crippen LogP) is 1.23. The standard InChI is InChI=1S/C10H12O4/c1-13-6-10(12)8-5-7(14-2)3-4-9(8)11/h3-5,11H,6H2,1-2H3. The van der Waals surface area contributed by atoms with Crippen LogP contribution in [0.25, 0.3) is 0 Å². The zero-order chi connectivity index (χ0) is 10.6. The SMILES string of the molecule is COCC(=O)c1cc(OC)ccc1O. The van der Waals surface area contributed by atoms with Crippen molar-refractivity contribution in [2.24, 2.45) is 0 Å². The van der Waals surface area contributed by atoms with Crippen LogP contribution in [0.3, 0.4) is 0 Å². The lowest BCUT2D eigenvalue weighted by molar-refractivity contribution is 0.0845. The minimum absolute atomic E-state index is 0.0548. The Morgan fingerprint density at radius 2 is 2.14 bits per heavy atom. The number of methoxy groups -OCH3 is 2. The maximum atomic E-state index is 11.4. The van der Waals surface area contributed by atoms with Crippen LogP contribution < -0.4 is 4.74 Å². The average molecular weight is 196 g/mol. The average Bonchev–Trinajstić information content (AvgIpc) is 2.19. The van der Waals surface area contributed by atoms with Crippen LogP contribution in [-0.4, -0.2) is 31.7 Å². The van der Waals surface area contributed by atoms with E-state index in [2.05, 4.69) is 4.74 Å². The van der Waals surface area contributed by atoms with Gasteiger partial charge in [-0.2, -0.15) is 0 Å². The van der Waals surface area contributed by atoms with Crippen molar-refractivity contribution in [3.05, 3.63) is 23.8 Å². The minimum atomic E-state index is -0.274. The van der Waals surface area contributed by atoms with E-state index in [0.717, 1.165) is 0 Å². The highest BCUT2D eigenvalue weighted by molar-refractivity contribution is 5.99. The number of carbonyl (C=O) groups excluding carboxylic acids is 1. The Bertz CT molecular complexity index is 333. The van der Waals surface area contributed by atoms with Gasteiger partial charge in [-0.25, -0.2) is 0 Å². The Morgan fingerprint density at radius 3 is 2.71 bits per heavy atom. The van der Waals surface area contributed by atoms with Crippen molar-refractivity contribution in [1.29, 1.82) is 0 Å².